The van der Waals surface area contributed by atoms with E-state index in [2.05, 4.69) is 5.10 Å². The number of hydrogen-bond donors (Lipinski definition) is 0. The van der Waals surface area contributed by atoms with E-state index in [0.717, 1.165) is 5.56 Å². The van der Waals surface area contributed by atoms with Gasteiger partial charge >= 0.3 is 0 Å². The zero-order valence-electron chi connectivity index (χ0n) is 7.78. The summed E-state index contributed by atoms with van der Waals surface area (Å²) in [6.45, 7) is 0.437. The fourth-order valence-electron chi connectivity index (χ4n) is 1.33. The van der Waals surface area contributed by atoms with Gasteiger partial charge in [-0.2, -0.15) is 5.10 Å². The molecular weight excluding hydrogens is 235 g/mol. The van der Waals surface area contributed by atoms with E-state index >= 15 is 0 Å². The second-order valence-electron chi connectivity index (χ2n) is 3.20. The number of hydrogen-bond acceptors (Lipinski definition) is 2. The number of hydrazone groups is 1. The highest BCUT2D eigenvalue weighted by Crippen LogP contribution is 2.23. The van der Waals surface area contributed by atoms with Gasteiger partial charge in [-0.3, -0.25) is 4.79 Å². The number of benzene rings is 1. The van der Waals surface area contributed by atoms with Gasteiger partial charge in [0.2, 0.25) is 5.91 Å². The van der Waals surface area contributed by atoms with Crippen LogP contribution in [0.5, 0.6) is 0 Å². The number of halogens is 2. The molecule has 1 aliphatic heterocycles. The monoisotopic (exact) mass is 242 g/mol. The summed E-state index contributed by atoms with van der Waals surface area (Å²) in [4.78, 5) is 11.3. The average Bonchev–Trinajstić information content (AvgIpc) is 2.59. The third-order valence-electron chi connectivity index (χ3n) is 2.09. The van der Waals surface area contributed by atoms with Crippen LogP contribution in [0.2, 0.25) is 10.0 Å². The van der Waals surface area contributed by atoms with E-state index < -0.39 is 0 Å². The maximum absolute atomic E-state index is 11.3. The molecule has 0 spiro atoms. The molecule has 15 heavy (non-hydrogen) atoms. The highest BCUT2D eigenvalue weighted by molar-refractivity contribution is 6.42. The van der Waals surface area contributed by atoms with Gasteiger partial charge in [0, 0.05) is 6.21 Å². The number of carbonyl (C=O) groups excluding carboxylic acids is 1. The molecule has 0 saturated heterocycles. The summed E-state index contributed by atoms with van der Waals surface area (Å²) in [6, 6.07) is 5.28. The predicted molar refractivity (Wildman–Crippen MR) is 60.1 cm³/mol. The fourth-order valence-corrected chi connectivity index (χ4v) is 1.65. The van der Waals surface area contributed by atoms with Crippen molar-refractivity contribution in [3.63, 3.8) is 0 Å². The lowest BCUT2D eigenvalue weighted by Gasteiger charge is -2.11. The molecule has 0 aromatic heterocycles. The molecule has 1 heterocycles. The van der Waals surface area contributed by atoms with E-state index in [4.69, 9.17) is 23.2 Å². The number of rotatable bonds is 2. The second kappa shape index (κ2) is 4.21. The Hall–Kier alpha value is -1.06. The number of amides is 1. The van der Waals surface area contributed by atoms with Gasteiger partial charge in [0.05, 0.1) is 23.0 Å². The zero-order chi connectivity index (χ0) is 10.8. The summed E-state index contributed by atoms with van der Waals surface area (Å²) in [5.74, 6) is 0.000993. The minimum absolute atomic E-state index is 0.000993. The molecule has 2 rings (SSSR count). The highest BCUT2D eigenvalue weighted by Gasteiger charge is 2.16. The molecule has 1 aromatic carbocycles. The lowest BCUT2D eigenvalue weighted by atomic mass is 10.2. The first-order chi connectivity index (χ1) is 7.16. The van der Waals surface area contributed by atoms with Crippen molar-refractivity contribution in [3.8, 4) is 0 Å². The van der Waals surface area contributed by atoms with Crippen molar-refractivity contribution in [3.05, 3.63) is 33.8 Å². The molecule has 0 atom stereocenters. The Bertz CT molecular complexity index is 431. The minimum atomic E-state index is 0.000993. The van der Waals surface area contributed by atoms with Crippen LogP contribution in [0, 0.1) is 0 Å². The Balaban J connectivity index is 2.14. The summed E-state index contributed by atoms with van der Waals surface area (Å²) >= 11 is 11.6. The Morgan fingerprint density at radius 3 is 2.73 bits per heavy atom. The molecule has 0 radical (unpaired) electrons. The van der Waals surface area contributed by atoms with Crippen molar-refractivity contribution in [1.82, 2.24) is 5.01 Å². The van der Waals surface area contributed by atoms with Crippen LogP contribution in [0.4, 0.5) is 0 Å². The lowest BCUT2D eigenvalue weighted by Crippen LogP contribution is -2.19. The van der Waals surface area contributed by atoms with E-state index in [1.165, 1.54) is 5.01 Å². The summed E-state index contributed by atoms with van der Waals surface area (Å²) in [7, 11) is 0. The standard InChI is InChI=1S/C10H8Cl2N2O/c11-8-2-1-7(5-9(8)12)6-14-10(15)3-4-13-14/h1-2,4-5H,3,6H2. The van der Waals surface area contributed by atoms with E-state index in [1.54, 1.807) is 18.3 Å². The summed E-state index contributed by atoms with van der Waals surface area (Å²) < 4.78 is 0. The molecule has 1 amide bonds. The van der Waals surface area contributed by atoms with E-state index in [0.29, 0.717) is 23.0 Å². The molecule has 0 bridgehead atoms. The molecule has 0 aliphatic carbocycles. The van der Waals surface area contributed by atoms with Crippen LogP contribution in [0.1, 0.15) is 12.0 Å². The van der Waals surface area contributed by atoms with Gasteiger partial charge in [-0.15, -0.1) is 0 Å². The Morgan fingerprint density at radius 2 is 2.13 bits per heavy atom. The normalized spacial score (nSPS) is 15.1. The van der Waals surface area contributed by atoms with Crippen molar-refractivity contribution in [2.75, 3.05) is 0 Å². The van der Waals surface area contributed by atoms with Crippen LogP contribution in [-0.2, 0) is 11.3 Å². The first kappa shape index (κ1) is 10.5. The molecule has 5 heteroatoms. The molecule has 1 aromatic rings. The lowest BCUT2D eigenvalue weighted by molar-refractivity contribution is -0.129. The van der Waals surface area contributed by atoms with Crippen LogP contribution in [-0.4, -0.2) is 17.1 Å². The summed E-state index contributed by atoms with van der Waals surface area (Å²) in [5, 5.41) is 6.36. The van der Waals surface area contributed by atoms with E-state index in [-0.39, 0.29) is 5.91 Å². The number of carbonyl (C=O) groups is 1. The van der Waals surface area contributed by atoms with Crippen LogP contribution < -0.4 is 0 Å². The molecule has 0 N–H and O–H groups in total. The molecule has 0 saturated carbocycles. The van der Waals surface area contributed by atoms with Crippen LogP contribution in [0.3, 0.4) is 0 Å². The second-order valence-corrected chi connectivity index (χ2v) is 4.02. The minimum Gasteiger partial charge on any atom is -0.273 e. The van der Waals surface area contributed by atoms with Crippen LogP contribution >= 0.6 is 23.2 Å². The van der Waals surface area contributed by atoms with E-state index in [1.807, 2.05) is 6.07 Å². The maximum atomic E-state index is 11.3. The van der Waals surface area contributed by atoms with Crippen molar-refractivity contribution < 1.29 is 4.79 Å². The Morgan fingerprint density at radius 1 is 1.33 bits per heavy atom. The summed E-state index contributed by atoms with van der Waals surface area (Å²) in [5.41, 5.74) is 0.914. The van der Waals surface area contributed by atoms with Crippen molar-refractivity contribution >= 4 is 35.3 Å². The first-order valence-electron chi connectivity index (χ1n) is 4.43. The number of nitrogens with zero attached hydrogens (tertiary/aromatic N) is 2. The SMILES string of the molecule is O=C1CC=NN1Cc1ccc(Cl)c(Cl)c1. The molecule has 78 valence electrons. The van der Waals surface area contributed by atoms with Gasteiger partial charge in [-0.25, -0.2) is 5.01 Å². The average molecular weight is 243 g/mol. The smallest absolute Gasteiger partial charge is 0.248 e. The molecular formula is C10H8Cl2N2O. The Labute approximate surface area is 97.3 Å². The predicted octanol–water partition coefficient (Wildman–Crippen LogP) is 2.71. The Kier molecular flexibility index (Phi) is 2.93. The van der Waals surface area contributed by atoms with Gasteiger partial charge in [-0.1, -0.05) is 29.3 Å². The topological polar surface area (TPSA) is 32.7 Å². The summed E-state index contributed by atoms with van der Waals surface area (Å²) in [6.07, 6.45) is 1.97. The van der Waals surface area contributed by atoms with Crippen molar-refractivity contribution in [2.24, 2.45) is 5.10 Å². The van der Waals surface area contributed by atoms with Gasteiger partial charge in [-0.05, 0) is 17.7 Å². The third-order valence-corrected chi connectivity index (χ3v) is 2.83. The maximum Gasteiger partial charge on any atom is 0.248 e. The quantitative estimate of drug-likeness (QED) is 0.785. The van der Waals surface area contributed by atoms with Gasteiger partial charge in [0.1, 0.15) is 0 Å². The van der Waals surface area contributed by atoms with Gasteiger partial charge < -0.3 is 0 Å². The van der Waals surface area contributed by atoms with Crippen LogP contribution in [0.25, 0.3) is 0 Å². The first-order valence-corrected chi connectivity index (χ1v) is 5.19. The van der Waals surface area contributed by atoms with Crippen molar-refractivity contribution in [1.29, 1.82) is 0 Å². The van der Waals surface area contributed by atoms with Gasteiger partial charge in [0.15, 0.2) is 0 Å². The third kappa shape index (κ3) is 2.30. The highest BCUT2D eigenvalue weighted by atomic mass is 35.5. The zero-order valence-corrected chi connectivity index (χ0v) is 9.29. The molecule has 3 nitrogen and oxygen atoms in total. The fraction of sp³-hybridized carbons (Fsp3) is 0.200. The van der Waals surface area contributed by atoms with Crippen molar-refractivity contribution in [2.45, 2.75) is 13.0 Å². The molecule has 1 aliphatic rings. The molecule has 0 unspecified atom stereocenters. The molecule has 0 fully saturated rings. The van der Waals surface area contributed by atoms with Crippen LogP contribution in [0.15, 0.2) is 23.3 Å². The van der Waals surface area contributed by atoms with Gasteiger partial charge in [0.25, 0.3) is 0 Å². The van der Waals surface area contributed by atoms with E-state index in [9.17, 15) is 4.79 Å². The largest absolute Gasteiger partial charge is 0.273 e.